The minimum absolute atomic E-state index is 0.0725. The van der Waals surface area contributed by atoms with Gasteiger partial charge in [0.1, 0.15) is 0 Å². The number of furan rings is 1. The summed E-state index contributed by atoms with van der Waals surface area (Å²) in [5.41, 5.74) is 2.28. The molecule has 1 aliphatic heterocycles. The van der Waals surface area contributed by atoms with E-state index in [4.69, 9.17) is 19.1 Å². The number of hydrogen-bond acceptors (Lipinski definition) is 5. The van der Waals surface area contributed by atoms with E-state index in [1.165, 1.54) is 24.8 Å². The van der Waals surface area contributed by atoms with Crippen LogP contribution in [0.5, 0.6) is 0 Å². The molecule has 0 radical (unpaired) electrons. The van der Waals surface area contributed by atoms with Crippen LogP contribution in [0, 0.1) is 5.92 Å². The van der Waals surface area contributed by atoms with Gasteiger partial charge in [-0.2, -0.15) is 18.3 Å². The summed E-state index contributed by atoms with van der Waals surface area (Å²) >= 11 is 0. The van der Waals surface area contributed by atoms with Crippen LogP contribution < -0.4 is 0 Å². The normalized spacial score (nSPS) is 18.4. The molecule has 2 aliphatic rings. The number of carboxylic acids is 1. The third-order valence-electron chi connectivity index (χ3n) is 4.88. The monoisotopic (exact) mass is 429 g/mol. The van der Waals surface area contributed by atoms with Crippen LogP contribution in [0.1, 0.15) is 40.6 Å². The molecule has 4 rings (SSSR count). The van der Waals surface area contributed by atoms with Crippen molar-refractivity contribution in [1.29, 1.82) is 0 Å². The number of carbonyl (C=O) groups is 2. The van der Waals surface area contributed by atoms with Gasteiger partial charge in [0.2, 0.25) is 0 Å². The van der Waals surface area contributed by atoms with Crippen LogP contribution in [-0.2, 0) is 23.1 Å². The Morgan fingerprint density at radius 1 is 1.33 bits per heavy atom. The highest BCUT2D eigenvalue weighted by molar-refractivity contribution is 5.91. The Bertz CT molecular complexity index is 875. The van der Waals surface area contributed by atoms with Crippen LogP contribution in [0.15, 0.2) is 29.0 Å². The third-order valence-corrected chi connectivity index (χ3v) is 4.88. The molecule has 0 saturated heterocycles. The molecule has 1 N–H and O–H groups in total. The molecule has 1 unspecified atom stereocenters. The lowest BCUT2D eigenvalue weighted by molar-refractivity contribution is -0.192. The van der Waals surface area contributed by atoms with Crippen LogP contribution in [0.25, 0.3) is 0 Å². The number of halogens is 3. The Balaban J connectivity index is 0.000000318. The van der Waals surface area contributed by atoms with Gasteiger partial charge in [0, 0.05) is 38.2 Å². The van der Waals surface area contributed by atoms with Crippen molar-refractivity contribution in [2.45, 2.75) is 31.5 Å². The van der Waals surface area contributed by atoms with Crippen molar-refractivity contribution in [2.75, 3.05) is 19.8 Å². The van der Waals surface area contributed by atoms with E-state index in [0.29, 0.717) is 25.5 Å². The molecule has 3 heterocycles. The minimum atomic E-state index is -5.08. The van der Waals surface area contributed by atoms with E-state index in [1.807, 2.05) is 22.8 Å². The van der Waals surface area contributed by atoms with Gasteiger partial charge in [0.05, 0.1) is 24.8 Å². The van der Waals surface area contributed by atoms with Gasteiger partial charge < -0.3 is 19.2 Å². The molecule has 2 aromatic rings. The van der Waals surface area contributed by atoms with Gasteiger partial charge in [0.15, 0.2) is 5.76 Å². The van der Waals surface area contributed by atoms with Crippen LogP contribution >= 0.6 is 0 Å². The van der Waals surface area contributed by atoms with Crippen molar-refractivity contribution in [2.24, 2.45) is 13.0 Å². The number of aryl methyl sites for hydroxylation is 1. The molecule has 1 amide bonds. The summed E-state index contributed by atoms with van der Waals surface area (Å²) in [6.07, 6.45) is 0.864. The highest BCUT2D eigenvalue weighted by atomic mass is 19.4. The number of carbonyl (C=O) groups excluding carboxylic acids is 1. The average Bonchev–Trinajstić information content (AvgIpc) is 3.19. The Hall–Kier alpha value is -2.82. The standard InChI is InChI=1S/C17H21N3O3.C2HF3O2/c1-19-16-13(7-18-19)8-20(17(21)15-3-2-6-23-15)9-14(16)11-22-10-12-4-5-12;3-2(4,5)1(6)7/h2-3,6-7,12,14H,4-5,8-11H2,1H3;(H,6,7). The molecule has 164 valence electrons. The summed E-state index contributed by atoms with van der Waals surface area (Å²) in [6.45, 7) is 2.67. The topological polar surface area (TPSA) is 97.8 Å². The predicted molar refractivity (Wildman–Crippen MR) is 96.6 cm³/mol. The summed E-state index contributed by atoms with van der Waals surface area (Å²) in [4.78, 5) is 23.3. The maximum Gasteiger partial charge on any atom is 0.490 e. The van der Waals surface area contributed by atoms with Crippen molar-refractivity contribution in [3.8, 4) is 0 Å². The van der Waals surface area contributed by atoms with E-state index < -0.39 is 12.1 Å². The van der Waals surface area contributed by atoms with Crippen molar-refractivity contribution < 1.29 is 37.0 Å². The molecule has 1 aliphatic carbocycles. The molecule has 0 bridgehead atoms. The largest absolute Gasteiger partial charge is 0.490 e. The number of carboxylic acid groups (broad SMARTS) is 1. The maximum absolute atomic E-state index is 12.6. The summed E-state index contributed by atoms with van der Waals surface area (Å²) in [5.74, 6) is -1.55. The van der Waals surface area contributed by atoms with Gasteiger partial charge in [0.25, 0.3) is 5.91 Å². The van der Waals surface area contributed by atoms with Gasteiger partial charge in [-0.25, -0.2) is 4.79 Å². The SMILES string of the molecule is Cn1ncc2c1C(COCC1CC1)CN(C(=O)c1ccco1)C2.O=C(O)C(F)(F)F. The van der Waals surface area contributed by atoms with Gasteiger partial charge in [-0.15, -0.1) is 0 Å². The minimum Gasteiger partial charge on any atom is -0.475 e. The summed E-state index contributed by atoms with van der Waals surface area (Å²) in [6, 6.07) is 3.45. The highest BCUT2D eigenvalue weighted by Crippen LogP contribution is 2.32. The summed E-state index contributed by atoms with van der Waals surface area (Å²) in [7, 11) is 1.96. The van der Waals surface area contributed by atoms with Crippen molar-refractivity contribution >= 4 is 11.9 Å². The van der Waals surface area contributed by atoms with E-state index in [1.54, 1.807) is 12.1 Å². The number of alkyl halides is 3. The van der Waals surface area contributed by atoms with E-state index in [-0.39, 0.29) is 11.8 Å². The predicted octanol–water partition coefficient (Wildman–Crippen LogP) is 2.81. The molecule has 0 aromatic carbocycles. The van der Waals surface area contributed by atoms with Crippen LogP contribution in [0.2, 0.25) is 0 Å². The van der Waals surface area contributed by atoms with E-state index in [9.17, 15) is 18.0 Å². The van der Waals surface area contributed by atoms with E-state index >= 15 is 0 Å². The van der Waals surface area contributed by atoms with E-state index in [0.717, 1.165) is 18.1 Å². The first kappa shape index (κ1) is 21.9. The maximum atomic E-state index is 12.6. The average molecular weight is 429 g/mol. The van der Waals surface area contributed by atoms with Crippen LogP contribution in [0.3, 0.4) is 0 Å². The number of hydrogen-bond donors (Lipinski definition) is 1. The lowest BCUT2D eigenvalue weighted by Crippen LogP contribution is -2.40. The van der Waals surface area contributed by atoms with Crippen LogP contribution in [-0.4, -0.2) is 57.6 Å². The van der Waals surface area contributed by atoms with Crippen LogP contribution in [0.4, 0.5) is 13.2 Å². The Labute approximate surface area is 170 Å². The van der Waals surface area contributed by atoms with Gasteiger partial charge in [-0.1, -0.05) is 0 Å². The fourth-order valence-electron chi connectivity index (χ4n) is 3.27. The first-order valence-electron chi connectivity index (χ1n) is 9.38. The quantitative estimate of drug-likeness (QED) is 0.785. The zero-order chi connectivity index (χ0) is 21.9. The molecular formula is C19H22F3N3O5. The summed E-state index contributed by atoms with van der Waals surface area (Å²) in [5, 5.41) is 11.5. The molecule has 11 heteroatoms. The Morgan fingerprint density at radius 3 is 2.60 bits per heavy atom. The second-order valence-electron chi connectivity index (χ2n) is 7.32. The van der Waals surface area contributed by atoms with Crippen molar-refractivity contribution in [3.05, 3.63) is 41.6 Å². The number of ether oxygens (including phenoxy) is 1. The Kier molecular flexibility index (Phi) is 6.49. The van der Waals surface area contributed by atoms with Crippen molar-refractivity contribution in [1.82, 2.24) is 14.7 Å². The Morgan fingerprint density at radius 2 is 2.03 bits per heavy atom. The molecule has 1 atom stereocenters. The third kappa shape index (κ3) is 5.41. The second-order valence-corrected chi connectivity index (χ2v) is 7.32. The lowest BCUT2D eigenvalue weighted by atomic mass is 9.96. The zero-order valence-corrected chi connectivity index (χ0v) is 16.3. The number of aromatic nitrogens is 2. The molecule has 30 heavy (non-hydrogen) atoms. The number of amides is 1. The number of aliphatic carboxylic acids is 1. The first-order valence-corrected chi connectivity index (χ1v) is 9.38. The number of nitrogens with zero attached hydrogens (tertiary/aromatic N) is 3. The smallest absolute Gasteiger partial charge is 0.475 e. The van der Waals surface area contributed by atoms with Gasteiger partial charge >= 0.3 is 12.1 Å². The van der Waals surface area contributed by atoms with E-state index in [2.05, 4.69) is 5.10 Å². The fourth-order valence-corrected chi connectivity index (χ4v) is 3.27. The molecular weight excluding hydrogens is 407 g/mol. The summed E-state index contributed by atoms with van der Waals surface area (Å²) < 4.78 is 44.8. The highest BCUT2D eigenvalue weighted by Gasteiger charge is 2.38. The number of fused-ring (bicyclic) bond motifs is 1. The van der Waals surface area contributed by atoms with Crippen molar-refractivity contribution in [3.63, 3.8) is 0 Å². The molecule has 0 spiro atoms. The van der Waals surface area contributed by atoms with Gasteiger partial charge in [-0.3, -0.25) is 9.48 Å². The lowest BCUT2D eigenvalue weighted by Gasteiger charge is -2.32. The molecule has 1 fully saturated rings. The first-order chi connectivity index (χ1) is 14.2. The molecule has 1 saturated carbocycles. The molecule has 2 aromatic heterocycles. The second kappa shape index (κ2) is 8.90. The number of rotatable bonds is 5. The zero-order valence-electron chi connectivity index (χ0n) is 16.3. The fraction of sp³-hybridized carbons (Fsp3) is 0.526. The van der Waals surface area contributed by atoms with Gasteiger partial charge in [-0.05, 0) is 30.9 Å². The molecule has 8 nitrogen and oxygen atoms in total.